The fourth-order valence-corrected chi connectivity index (χ4v) is 5.82. The van der Waals surface area contributed by atoms with Crippen molar-refractivity contribution in [2.24, 2.45) is 0 Å². The smallest absolute Gasteiger partial charge is 0.264 e. The molecule has 0 aliphatic carbocycles. The van der Waals surface area contributed by atoms with E-state index in [4.69, 9.17) is 0 Å². The number of halogens is 1. The summed E-state index contributed by atoms with van der Waals surface area (Å²) in [5.41, 5.74) is 2.59. The third kappa shape index (κ3) is 7.23. The molecule has 0 fully saturated rings. The van der Waals surface area contributed by atoms with Crippen LogP contribution in [0.25, 0.3) is 0 Å². The van der Waals surface area contributed by atoms with Gasteiger partial charge in [0.1, 0.15) is 18.4 Å². The summed E-state index contributed by atoms with van der Waals surface area (Å²) in [6.45, 7) is 8.61. The first-order chi connectivity index (χ1) is 18.4. The lowest BCUT2D eigenvalue weighted by atomic mass is 10.1. The molecule has 39 heavy (non-hydrogen) atoms. The van der Waals surface area contributed by atoms with E-state index in [0.29, 0.717) is 17.7 Å². The highest BCUT2D eigenvalue weighted by atomic mass is 32.2. The van der Waals surface area contributed by atoms with Gasteiger partial charge >= 0.3 is 0 Å². The van der Waals surface area contributed by atoms with Crippen molar-refractivity contribution in [2.45, 2.75) is 64.6 Å². The number of anilines is 1. The molecule has 3 rings (SSSR count). The standard InChI is InChI=1S/C30H36FN3O4S/c1-6-27(30(36)32-21(2)3)33(19-24-15-17-25(31)18-16-24)29(35)20-34(28-14-10-11-22(4)23(28)5)39(37,38)26-12-8-7-9-13-26/h7-18,21,27H,6,19-20H2,1-5H3,(H,32,36). The molecule has 1 N–H and O–H groups in total. The van der Waals surface area contributed by atoms with Crippen molar-refractivity contribution < 1.29 is 22.4 Å². The Labute approximate surface area is 230 Å². The molecule has 0 aliphatic rings. The minimum absolute atomic E-state index is 0.00909. The van der Waals surface area contributed by atoms with Crippen LogP contribution >= 0.6 is 0 Å². The predicted molar refractivity (Wildman–Crippen MR) is 151 cm³/mol. The van der Waals surface area contributed by atoms with Crippen LogP contribution in [0.3, 0.4) is 0 Å². The molecule has 3 aromatic rings. The van der Waals surface area contributed by atoms with Crippen LogP contribution < -0.4 is 9.62 Å². The zero-order valence-corrected chi connectivity index (χ0v) is 23.8. The molecule has 0 aliphatic heterocycles. The first kappa shape index (κ1) is 29.8. The second-order valence-electron chi connectivity index (χ2n) is 9.78. The molecule has 0 spiro atoms. The molecule has 0 saturated carbocycles. The van der Waals surface area contributed by atoms with Crippen molar-refractivity contribution in [1.29, 1.82) is 0 Å². The summed E-state index contributed by atoms with van der Waals surface area (Å²) in [6.07, 6.45) is 0.306. The molecule has 7 nitrogen and oxygen atoms in total. The maximum Gasteiger partial charge on any atom is 0.264 e. The summed E-state index contributed by atoms with van der Waals surface area (Å²) in [6, 6.07) is 17.9. The summed E-state index contributed by atoms with van der Waals surface area (Å²) < 4.78 is 42.5. The van der Waals surface area contributed by atoms with Gasteiger partial charge in [0.05, 0.1) is 10.6 Å². The Bertz CT molecular complexity index is 1390. The minimum atomic E-state index is -4.14. The number of aryl methyl sites for hydroxylation is 1. The van der Waals surface area contributed by atoms with E-state index < -0.39 is 34.3 Å². The average molecular weight is 554 g/mol. The highest BCUT2D eigenvalue weighted by molar-refractivity contribution is 7.92. The van der Waals surface area contributed by atoms with Crippen molar-refractivity contribution in [1.82, 2.24) is 10.2 Å². The third-order valence-corrected chi connectivity index (χ3v) is 8.31. The first-order valence-corrected chi connectivity index (χ1v) is 14.4. The number of carbonyl (C=O) groups is 2. The van der Waals surface area contributed by atoms with Gasteiger partial charge in [-0.2, -0.15) is 0 Å². The number of nitrogens with one attached hydrogen (secondary N) is 1. The van der Waals surface area contributed by atoms with Crippen molar-refractivity contribution in [3.05, 3.63) is 95.3 Å². The number of sulfonamides is 1. The Morgan fingerprint density at radius 2 is 1.56 bits per heavy atom. The van der Waals surface area contributed by atoms with Gasteiger partial charge in [0, 0.05) is 12.6 Å². The van der Waals surface area contributed by atoms with E-state index in [0.717, 1.165) is 15.4 Å². The molecule has 2 amide bonds. The number of rotatable bonds is 11. The minimum Gasteiger partial charge on any atom is -0.352 e. The topological polar surface area (TPSA) is 86.8 Å². The molecule has 0 saturated heterocycles. The Hall–Kier alpha value is -3.72. The molecule has 1 atom stereocenters. The van der Waals surface area contributed by atoms with Gasteiger partial charge in [-0.15, -0.1) is 0 Å². The number of hydrogen-bond donors (Lipinski definition) is 1. The molecule has 3 aromatic carbocycles. The molecular formula is C30H36FN3O4S. The molecule has 0 radical (unpaired) electrons. The van der Waals surface area contributed by atoms with Crippen molar-refractivity contribution in [3.8, 4) is 0 Å². The molecule has 0 aromatic heterocycles. The Kier molecular flexibility index (Phi) is 9.86. The zero-order chi connectivity index (χ0) is 28.7. The lowest BCUT2D eigenvalue weighted by molar-refractivity contribution is -0.140. The highest BCUT2D eigenvalue weighted by Gasteiger charge is 2.34. The molecule has 9 heteroatoms. The lowest BCUT2D eigenvalue weighted by Crippen LogP contribution is -2.53. The van der Waals surface area contributed by atoms with Gasteiger partial charge in [0.2, 0.25) is 11.8 Å². The molecule has 0 bridgehead atoms. The van der Waals surface area contributed by atoms with E-state index in [1.165, 1.54) is 29.2 Å². The van der Waals surface area contributed by atoms with Gasteiger partial charge in [-0.1, -0.05) is 49.4 Å². The van der Waals surface area contributed by atoms with Crippen LogP contribution in [0.1, 0.15) is 43.9 Å². The SMILES string of the molecule is CCC(C(=O)NC(C)C)N(Cc1ccc(F)cc1)C(=O)CN(c1cccc(C)c1C)S(=O)(=O)c1ccccc1. The van der Waals surface area contributed by atoms with Gasteiger partial charge in [-0.05, 0) is 81.1 Å². The van der Waals surface area contributed by atoms with Gasteiger partial charge < -0.3 is 10.2 Å². The van der Waals surface area contributed by atoms with E-state index >= 15 is 0 Å². The normalized spacial score (nSPS) is 12.2. The van der Waals surface area contributed by atoms with Gasteiger partial charge in [0.15, 0.2) is 0 Å². The summed E-state index contributed by atoms with van der Waals surface area (Å²) >= 11 is 0. The van der Waals surface area contributed by atoms with Crippen LogP contribution in [-0.4, -0.2) is 43.8 Å². The monoisotopic (exact) mass is 553 g/mol. The van der Waals surface area contributed by atoms with Gasteiger partial charge in [-0.3, -0.25) is 13.9 Å². The number of carbonyl (C=O) groups excluding carboxylic acids is 2. The Morgan fingerprint density at radius 1 is 0.923 bits per heavy atom. The Balaban J connectivity index is 2.09. The van der Waals surface area contributed by atoms with Crippen LogP contribution in [0.5, 0.6) is 0 Å². The summed E-state index contributed by atoms with van der Waals surface area (Å²) in [4.78, 5) is 28.6. The summed E-state index contributed by atoms with van der Waals surface area (Å²) in [7, 11) is -4.14. The van der Waals surface area contributed by atoms with E-state index in [-0.39, 0.29) is 23.4 Å². The first-order valence-electron chi connectivity index (χ1n) is 12.9. The predicted octanol–water partition coefficient (Wildman–Crippen LogP) is 4.97. The maximum atomic E-state index is 14.0. The largest absolute Gasteiger partial charge is 0.352 e. The summed E-state index contributed by atoms with van der Waals surface area (Å²) in [5, 5.41) is 2.86. The fraction of sp³-hybridized carbons (Fsp3) is 0.333. The number of nitrogens with zero attached hydrogens (tertiary/aromatic N) is 2. The zero-order valence-electron chi connectivity index (χ0n) is 23.0. The maximum absolute atomic E-state index is 14.0. The van der Waals surface area contributed by atoms with Gasteiger partial charge in [-0.25, -0.2) is 12.8 Å². The molecule has 0 heterocycles. The molecule has 208 valence electrons. The fourth-order valence-electron chi connectivity index (χ4n) is 4.33. The average Bonchev–Trinajstić information content (AvgIpc) is 2.90. The van der Waals surface area contributed by atoms with Gasteiger partial charge in [0.25, 0.3) is 10.0 Å². The van der Waals surface area contributed by atoms with Crippen LogP contribution in [0.15, 0.2) is 77.7 Å². The van der Waals surface area contributed by atoms with E-state index in [2.05, 4.69) is 5.32 Å². The van der Waals surface area contributed by atoms with Crippen LogP contribution in [0, 0.1) is 19.7 Å². The highest BCUT2D eigenvalue weighted by Crippen LogP contribution is 2.29. The Morgan fingerprint density at radius 3 is 2.15 bits per heavy atom. The van der Waals surface area contributed by atoms with E-state index in [9.17, 15) is 22.4 Å². The number of hydrogen-bond acceptors (Lipinski definition) is 4. The number of benzene rings is 3. The van der Waals surface area contributed by atoms with Crippen LogP contribution in [0.4, 0.5) is 10.1 Å². The molecule has 1 unspecified atom stereocenters. The molecular weight excluding hydrogens is 517 g/mol. The quantitative estimate of drug-likeness (QED) is 0.363. The van der Waals surface area contributed by atoms with Crippen molar-refractivity contribution >= 4 is 27.5 Å². The lowest BCUT2D eigenvalue weighted by Gasteiger charge is -2.34. The third-order valence-electron chi connectivity index (χ3n) is 6.54. The number of amides is 2. The second kappa shape index (κ2) is 12.9. The van der Waals surface area contributed by atoms with E-state index in [1.54, 1.807) is 49.4 Å². The van der Waals surface area contributed by atoms with Crippen molar-refractivity contribution in [2.75, 3.05) is 10.8 Å². The van der Waals surface area contributed by atoms with Crippen LogP contribution in [0.2, 0.25) is 0 Å². The van der Waals surface area contributed by atoms with Crippen LogP contribution in [-0.2, 0) is 26.2 Å². The second-order valence-corrected chi connectivity index (χ2v) is 11.6. The van der Waals surface area contributed by atoms with E-state index in [1.807, 2.05) is 33.8 Å². The van der Waals surface area contributed by atoms with Crippen molar-refractivity contribution in [3.63, 3.8) is 0 Å². The summed E-state index contributed by atoms with van der Waals surface area (Å²) in [5.74, 6) is -1.31.